The SMILES string of the molecule is C=CCN1CCC2CN(c3cnccn3)CC2C1=O. The van der Waals surface area contributed by atoms with Crippen molar-refractivity contribution in [2.24, 2.45) is 11.8 Å². The Balaban J connectivity index is 1.74. The summed E-state index contributed by atoms with van der Waals surface area (Å²) < 4.78 is 0. The first-order valence-electron chi connectivity index (χ1n) is 6.70. The summed E-state index contributed by atoms with van der Waals surface area (Å²) in [5.41, 5.74) is 0. The molecular weight excluding hydrogens is 240 g/mol. The van der Waals surface area contributed by atoms with E-state index in [0.717, 1.165) is 31.9 Å². The van der Waals surface area contributed by atoms with Gasteiger partial charge in [-0.2, -0.15) is 0 Å². The molecule has 2 atom stereocenters. The van der Waals surface area contributed by atoms with E-state index in [1.165, 1.54) is 0 Å². The Morgan fingerprint density at radius 2 is 2.32 bits per heavy atom. The van der Waals surface area contributed by atoms with Gasteiger partial charge in [-0.1, -0.05) is 6.08 Å². The van der Waals surface area contributed by atoms with Gasteiger partial charge in [-0.3, -0.25) is 9.78 Å². The third-order valence-electron chi connectivity index (χ3n) is 4.06. The zero-order chi connectivity index (χ0) is 13.2. The Morgan fingerprint density at radius 3 is 3.05 bits per heavy atom. The number of fused-ring (bicyclic) bond motifs is 1. The van der Waals surface area contributed by atoms with E-state index >= 15 is 0 Å². The zero-order valence-corrected chi connectivity index (χ0v) is 10.9. The van der Waals surface area contributed by atoms with Gasteiger partial charge in [0.2, 0.25) is 5.91 Å². The number of aromatic nitrogens is 2. The van der Waals surface area contributed by atoms with Crippen LogP contribution in [0.3, 0.4) is 0 Å². The molecule has 5 heteroatoms. The zero-order valence-electron chi connectivity index (χ0n) is 10.9. The average molecular weight is 258 g/mol. The maximum Gasteiger partial charge on any atom is 0.228 e. The van der Waals surface area contributed by atoms with Crippen LogP contribution in [0.25, 0.3) is 0 Å². The highest BCUT2D eigenvalue weighted by molar-refractivity contribution is 5.81. The highest BCUT2D eigenvalue weighted by Gasteiger charge is 2.42. The van der Waals surface area contributed by atoms with Crippen LogP contribution in [0.4, 0.5) is 5.82 Å². The van der Waals surface area contributed by atoms with Crippen LogP contribution in [0.15, 0.2) is 31.2 Å². The second kappa shape index (κ2) is 4.99. The van der Waals surface area contributed by atoms with Gasteiger partial charge in [-0.15, -0.1) is 6.58 Å². The van der Waals surface area contributed by atoms with Gasteiger partial charge in [0.05, 0.1) is 12.1 Å². The van der Waals surface area contributed by atoms with Gasteiger partial charge in [-0.05, 0) is 12.3 Å². The maximum absolute atomic E-state index is 12.4. The van der Waals surface area contributed by atoms with Gasteiger partial charge in [-0.25, -0.2) is 4.98 Å². The molecule has 0 aliphatic carbocycles. The van der Waals surface area contributed by atoms with E-state index in [1.807, 2.05) is 4.90 Å². The molecule has 0 bridgehead atoms. The minimum Gasteiger partial charge on any atom is -0.354 e. The first-order valence-corrected chi connectivity index (χ1v) is 6.70. The van der Waals surface area contributed by atoms with Crippen LogP contribution in [0.5, 0.6) is 0 Å². The van der Waals surface area contributed by atoms with E-state index in [4.69, 9.17) is 0 Å². The molecule has 1 aromatic rings. The summed E-state index contributed by atoms with van der Waals surface area (Å²) in [6.07, 6.45) is 8.00. The van der Waals surface area contributed by atoms with E-state index < -0.39 is 0 Å². The summed E-state index contributed by atoms with van der Waals surface area (Å²) in [6.45, 7) is 6.90. The van der Waals surface area contributed by atoms with Crippen LogP contribution in [0.2, 0.25) is 0 Å². The molecule has 19 heavy (non-hydrogen) atoms. The number of likely N-dealkylation sites (tertiary alicyclic amines) is 1. The van der Waals surface area contributed by atoms with E-state index in [-0.39, 0.29) is 11.8 Å². The van der Waals surface area contributed by atoms with Crippen molar-refractivity contribution in [1.82, 2.24) is 14.9 Å². The van der Waals surface area contributed by atoms with Crippen LogP contribution in [0.1, 0.15) is 6.42 Å². The Bertz CT molecular complexity index is 476. The number of nitrogens with zero attached hydrogens (tertiary/aromatic N) is 4. The lowest BCUT2D eigenvalue weighted by Gasteiger charge is -2.32. The van der Waals surface area contributed by atoms with Crippen molar-refractivity contribution in [3.05, 3.63) is 31.2 Å². The molecule has 100 valence electrons. The van der Waals surface area contributed by atoms with Crippen LogP contribution in [0, 0.1) is 11.8 Å². The molecule has 2 aliphatic rings. The number of hydrogen-bond acceptors (Lipinski definition) is 4. The Morgan fingerprint density at radius 1 is 1.42 bits per heavy atom. The normalized spacial score (nSPS) is 26.4. The topological polar surface area (TPSA) is 49.3 Å². The predicted octanol–water partition coefficient (Wildman–Crippen LogP) is 0.947. The smallest absolute Gasteiger partial charge is 0.228 e. The highest BCUT2D eigenvalue weighted by atomic mass is 16.2. The summed E-state index contributed by atoms with van der Waals surface area (Å²) in [6, 6.07) is 0. The standard InChI is InChI=1S/C14H18N4O/c1-2-6-17-7-3-11-9-18(10-12(11)14(17)19)13-8-15-4-5-16-13/h2,4-5,8,11-12H,1,3,6-7,9-10H2. The number of carbonyl (C=O) groups excluding carboxylic acids is 1. The fourth-order valence-corrected chi connectivity index (χ4v) is 3.09. The van der Waals surface area contributed by atoms with Gasteiger partial charge in [0.15, 0.2) is 0 Å². The number of carbonyl (C=O) groups is 1. The molecular formula is C14H18N4O. The Kier molecular flexibility index (Phi) is 3.19. The van der Waals surface area contributed by atoms with Crippen LogP contribution in [-0.4, -0.2) is 47.0 Å². The molecule has 0 spiro atoms. The molecule has 1 amide bonds. The predicted molar refractivity (Wildman–Crippen MR) is 72.6 cm³/mol. The summed E-state index contributed by atoms with van der Waals surface area (Å²) in [7, 11) is 0. The molecule has 3 heterocycles. The minimum absolute atomic E-state index is 0.107. The number of anilines is 1. The van der Waals surface area contributed by atoms with E-state index in [0.29, 0.717) is 12.5 Å². The lowest BCUT2D eigenvalue weighted by molar-refractivity contribution is -0.138. The second-order valence-electron chi connectivity index (χ2n) is 5.20. The molecule has 3 rings (SSSR count). The van der Waals surface area contributed by atoms with Gasteiger partial charge in [0.1, 0.15) is 5.82 Å². The molecule has 2 aliphatic heterocycles. The molecule has 0 N–H and O–H groups in total. The molecule has 5 nitrogen and oxygen atoms in total. The van der Waals surface area contributed by atoms with E-state index in [2.05, 4.69) is 21.4 Å². The van der Waals surface area contributed by atoms with Crippen molar-refractivity contribution in [3.63, 3.8) is 0 Å². The van der Waals surface area contributed by atoms with Gasteiger partial charge in [0.25, 0.3) is 0 Å². The summed E-state index contributed by atoms with van der Waals surface area (Å²) in [4.78, 5) is 24.9. The lowest BCUT2D eigenvalue weighted by Crippen LogP contribution is -2.45. The molecule has 0 saturated carbocycles. The second-order valence-corrected chi connectivity index (χ2v) is 5.20. The van der Waals surface area contributed by atoms with E-state index in [9.17, 15) is 4.79 Å². The summed E-state index contributed by atoms with van der Waals surface area (Å²) >= 11 is 0. The van der Waals surface area contributed by atoms with Crippen LogP contribution < -0.4 is 4.90 Å². The molecule has 2 fully saturated rings. The Labute approximate surface area is 113 Å². The first kappa shape index (κ1) is 12.1. The quantitative estimate of drug-likeness (QED) is 0.757. The monoisotopic (exact) mass is 258 g/mol. The van der Waals surface area contributed by atoms with Gasteiger partial charge < -0.3 is 9.80 Å². The first-order chi connectivity index (χ1) is 9.29. The summed E-state index contributed by atoms with van der Waals surface area (Å²) in [5.74, 6) is 1.70. The van der Waals surface area contributed by atoms with Crippen molar-refractivity contribution in [2.45, 2.75) is 6.42 Å². The molecule has 2 saturated heterocycles. The lowest BCUT2D eigenvalue weighted by atomic mass is 9.88. The fraction of sp³-hybridized carbons (Fsp3) is 0.500. The van der Waals surface area contributed by atoms with Crippen LogP contribution >= 0.6 is 0 Å². The molecule has 0 radical (unpaired) electrons. The maximum atomic E-state index is 12.4. The third-order valence-corrected chi connectivity index (χ3v) is 4.06. The average Bonchev–Trinajstić information content (AvgIpc) is 2.88. The molecule has 0 aromatic carbocycles. The number of piperidine rings is 1. The number of hydrogen-bond donors (Lipinski definition) is 0. The third kappa shape index (κ3) is 2.20. The van der Waals surface area contributed by atoms with Crippen molar-refractivity contribution in [2.75, 3.05) is 31.1 Å². The molecule has 2 unspecified atom stereocenters. The highest BCUT2D eigenvalue weighted by Crippen LogP contribution is 2.33. The van der Waals surface area contributed by atoms with Gasteiger partial charge in [0, 0.05) is 38.6 Å². The van der Waals surface area contributed by atoms with Gasteiger partial charge >= 0.3 is 0 Å². The largest absolute Gasteiger partial charge is 0.354 e. The summed E-state index contributed by atoms with van der Waals surface area (Å²) in [5, 5.41) is 0. The fourth-order valence-electron chi connectivity index (χ4n) is 3.09. The van der Waals surface area contributed by atoms with Crippen LogP contribution in [-0.2, 0) is 4.79 Å². The van der Waals surface area contributed by atoms with Crippen molar-refractivity contribution < 1.29 is 4.79 Å². The Hall–Kier alpha value is -1.91. The van der Waals surface area contributed by atoms with Crippen molar-refractivity contribution in [1.29, 1.82) is 0 Å². The molecule has 1 aromatic heterocycles. The number of rotatable bonds is 3. The number of amides is 1. The minimum atomic E-state index is 0.107. The van der Waals surface area contributed by atoms with E-state index in [1.54, 1.807) is 24.7 Å². The van der Waals surface area contributed by atoms with Crippen molar-refractivity contribution in [3.8, 4) is 0 Å². The van der Waals surface area contributed by atoms with Crippen molar-refractivity contribution >= 4 is 11.7 Å².